The summed E-state index contributed by atoms with van der Waals surface area (Å²) in [5.41, 5.74) is 1.81. The van der Waals surface area contributed by atoms with Crippen LogP contribution in [-0.2, 0) is 6.61 Å². The maximum absolute atomic E-state index is 10.0. The van der Waals surface area contributed by atoms with Crippen LogP contribution < -0.4 is 9.47 Å². The van der Waals surface area contributed by atoms with Crippen molar-refractivity contribution in [1.82, 2.24) is 0 Å². The van der Waals surface area contributed by atoms with Crippen LogP contribution in [-0.4, -0.2) is 12.2 Å². The first-order valence-corrected chi connectivity index (χ1v) is 7.67. The number of rotatable bonds is 6. The molecule has 3 nitrogen and oxygen atoms in total. The molecule has 1 N–H and O–H groups in total. The summed E-state index contributed by atoms with van der Waals surface area (Å²) >= 11 is 3.51. The van der Waals surface area contributed by atoms with E-state index in [0.29, 0.717) is 18.8 Å². The fourth-order valence-corrected chi connectivity index (χ4v) is 2.41. The van der Waals surface area contributed by atoms with Gasteiger partial charge in [-0.05, 0) is 30.7 Å². The van der Waals surface area contributed by atoms with Crippen molar-refractivity contribution in [2.75, 3.05) is 7.11 Å². The first kappa shape index (κ1) is 15.9. The van der Waals surface area contributed by atoms with Gasteiger partial charge in [0.2, 0.25) is 0 Å². The van der Waals surface area contributed by atoms with Gasteiger partial charge in [0.25, 0.3) is 0 Å². The quantitative estimate of drug-likeness (QED) is 0.834. The Balaban J connectivity index is 2.17. The second-order valence-electron chi connectivity index (χ2n) is 4.71. The van der Waals surface area contributed by atoms with Crippen LogP contribution in [0.5, 0.6) is 11.5 Å². The first-order chi connectivity index (χ1) is 10.2. The topological polar surface area (TPSA) is 38.7 Å². The summed E-state index contributed by atoms with van der Waals surface area (Å²) in [6.07, 6.45) is 0.151. The Hall–Kier alpha value is -1.52. The van der Waals surface area contributed by atoms with Gasteiger partial charge in [0.15, 0.2) is 0 Å². The minimum absolute atomic E-state index is 0.408. The second-order valence-corrected chi connectivity index (χ2v) is 5.56. The standard InChI is InChI=1S/C17H19BrO3/c1-3-16(19)14-6-4-5-7-17(14)21-11-12-10-13(20-2)8-9-15(12)18/h4-10,16,19H,3,11H2,1-2H3/t16-/m1/s1. The van der Waals surface area contributed by atoms with Crippen molar-refractivity contribution in [3.05, 3.63) is 58.1 Å². The monoisotopic (exact) mass is 350 g/mol. The van der Waals surface area contributed by atoms with Crippen LogP contribution in [0, 0.1) is 0 Å². The van der Waals surface area contributed by atoms with Gasteiger partial charge in [0.05, 0.1) is 13.2 Å². The van der Waals surface area contributed by atoms with Gasteiger partial charge in [-0.15, -0.1) is 0 Å². The Kier molecular flexibility index (Phi) is 5.65. The van der Waals surface area contributed by atoms with E-state index < -0.39 is 6.10 Å². The number of para-hydroxylation sites is 1. The van der Waals surface area contributed by atoms with Crippen molar-refractivity contribution in [3.8, 4) is 11.5 Å². The zero-order chi connectivity index (χ0) is 15.2. The third-order valence-electron chi connectivity index (χ3n) is 3.30. The number of hydrogen-bond donors (Lipinski definition) is 1. The van der Waals surface area contributed by atoms with E-state index in [0.717, 1.165) is 21.3 Å². The van der Waals surface area contributed by atoms with Gasteiger partial charge < -0.3 is 14.6 Å². The molecule has 0 aliphatic heterocycles. The van der Waals surface area contributed by atoms with Crippen molar-refractivity contribution in [3.63, 3.8) is 0 Å². The second kappa shape index (κ2) is 7.48. The molecular formula is C17H19BrO3. The van der Waals surface area contributed by atoms with Gasteiger partial charge in [0, 0.05) is 15.6 Å². The Morgan fingerprint density at radius 3 is 2.67 bits per heavy atom. The van der Waals surface area contributed by atoms with E-state index >= 15 is 0 Å². The smallest absolute Gasteiger partial charge is 0.125 e. The molecule has 2 aromatic carbocycles. The highest BCUT2D eigenvalue weighted by Crippen LogP contribution is 2.29. The summed E-state index contributed by atoms with van der Waals surface area (Å²) in [5, 5.41) is 10.0. The normalized spacial score (nSPS) is 12.0. The van der Waals surface area contributed by atoms with Crippen molar-refractivity contribution in [1.29, 1.82) is 0 Å². The van der Waals surface area contributed by atoms with Crippen molar-refractivity contribution in [2.45, 2.75) is 26.1 Å². The Bertz CT molecular complexity index is 598. The first-order valence-electron chi connectivity index (χ1n) is 6.88. The zero-order valence-corrected chi connectivity index (χ0v) is 13.8. The Labute approximate surface area is 133 Å². The van der Waals surface area contributed by atoms with E-state index in [2.05, 4.69) is 15.9 Å². The summed E-state index contributed by atoms with van der Waals surface area (Å²) in [6, 6.07) is 13.3. The number of aliphatic hydroxyl groups excluding tert-OH is 1. The third-order valence-corrected chi connectivity index (χ3v) is 4.07. The van der Waals surface area contributed by atoms with E-state index in [1.165, 1.54) is 0 Å². The van der Waals surface area contributed by atoms with Crippen LogP contribution >= 0.6 is 15.9 Å². The van der Waals surface area contributed by atoms with Crippen LogP contribution in [0.15, 0.2) is 46.9 Å². The minimum atomic E-state index is -0.505. The molecule has 0 radical (unpaired) electrons. The molecule has 0 unspecified atom stereocenters. The summed E-state index contributed by atoms with van der Waals surface area (Å²) in [4.78, 5) is 0. The van der Waals surface area contributed by atoms with Gasteiger partial charge in [-0.2, -0.15) is 0 Å². The van der Waals surface area contributed by atoms with Crippen LogP contribution in [0.1, 0.15) is 30.6 Å². The number of methoxy groups -OCH3 is 1. The maximum Gasteiger partial charge on any atom is 0.125 e. The maximum atomic E-state index is 10.0. The van der Waals surface area contributed by atoms with Crippen LogP contribution in [0.2, 0.25) is 0 Å². The number of ether oxygens (including phenoxy) is 2. The molecule has 0 aromatic heterocycles. The molecule has 2 aromatic rings. The van der Waals surface area contributed by atoms with Crippen molar-refractivity contribution >= 4 is 15.9 Å². The predicted octanol–water partition coefficient (Wildman–Crippen LogP) is 4.48. The van der Waals surface area contributed by atoms with Gasteiger partial charge >= 0.3 is 0 Å². The largest absolute Gasteiger partial charge is 0.497 e. The van der Waals surface area contributed by atoms with Crippen LogP contribution in [0.3, 0.4) is 0 Å². The van der Waals surface area contributed by atoms with E-state index in [-0.39, 0.29) is 0 Å². The fraction of sp³-hybridized carbons (Fsp3) is 0.294. The molecule has 0 aliphatic rings. The van der Waals surface area contributed by atoms with E-state index in [1.54, 1.807) is 7.11 Å². The highest BCUT2D eigenvalue weighted by Gasteiger charge is 2.12. The lowest BCUT2D eigenvalue weighted by Gasteiger charge is -2.15. The van der Waals surface area contributed by atoms with Crippen molar-refractivity contribution in [2.24, 2.45) is 0 Å². The van der Waals surface area contributed by atoms with E-state index in [4.69, 9.17) is 9.47 Å². The average Bonchev–Trinajstić information content (AvgIpc) is 2.53. The zero-order valence-electron chi connectivity index (χ0n) is 12.2. The van der Waals surface area contributed by atoms with Crippen LogP contribution in [0.25, 0.3) is 0 Å². The van der Waals surface area contributed by atoms with Gasteiger partial charge in [-0.1, -0.05) is 41.1 Å². The SMILES string of the molecule is CC[C@@H](O)c1ccccc1OCc1cc(OC)ccc1Br. The molecule has 0 amide bonds. The summed E-state index contributed by atoms with van der Waals surface area (Å²) < 4.78 is 12.1. The van der Waals surface area contributed by atoms with Gasteiger partial charge in [-0.3, -0.25) is 0 Å². The molecule has 21 heavy (non-hydrogen) atoms. The average molecular weight is 351 g/mol. The molecule has 0 spiro atoms. The predicted molar refractivity (Wildman–Crippen MR) is 86.7 cm³/mol. The molecular weight excluding hydrogens is 332 g/mol. The lowest BCUT2D eigenvalue weighted by molar-refractivity contribution is 0.166. The van der Waals surface area contributed by atoms with Crippen molar-refractivity contribution < 1.29 is 14.6 Å². The van der Waals surface area contributed by atoms with E-state index in [1.807, 2.05) is 49.4 Å². The molecule has 4 heteroatoms. The number of hydrogen-bond acceptors (Lipinski definition) is 3. The molecule has 0 saturated heterocycles. The Morgan fingerprint density at radius 2 is 1.95 bits per heavy atom. The molecule has 0 heterocycles. The van der Waals surface area contributed by atoms with Gasteiger partial charge in [-0.25, -0.2) is 0 Å². The van der Waals surface area contributed by atoms with E-state index in [9.17, 15) is 5.11 Å². The molecule has 1 atom stereocenters. The summed E-state index contributed by atoms with van der Waals surface area (Å²) in [5.74, 6) is 1.50. The molecule has 112 valence electrons. The number of aliphatic hydroxyl groups is 1. The molecule has 0 aliphatic carbocycles. The third kappa shape index (κ3) is 3.99. The highest BCUT2D eigenvalue weighted by atomic mass is 79.9. The number of halogens is 1. The number of benzene rings is 2. The molecule has 0 fully saturated rings. The summed E-state index contributed by atoms with van der Waals surface area (Å²) in [7, 11) is 1.64. The van der Waals surface area contributed by atoms with Gasteiger partial charge in [0.1, 0.15) is 18.1 Å². The summed E-state index contributed by atoms with van der Waals surface area (Å²) in [6.45, 7) is 2.35. The Morgan fingerprint density at radius 1 is 1.19 bits per heavy atom. The van der Waals surface area contributed by atoms with Crippen LogP contribution in [0.4, 0.5) is 0 Å². The molecule has 0 saturated carbocycles. The lowest BCUT2D eigenvalue weighted by atomic mass is 10.1. The fourth-order valence-electron chi connectivity index (χ4n) is 2.05. The highest BCUT2D eigenvalue weighted by molar-refractivity contribution is 9.10. The minimum Gasteiger partial charge on any atom is -0.497 e. The lowest BCUT2D eigenvalue weighted by Crippen LogP contribution is -2.03. The molecule has 2 rings (SSSR count). The molecule has 0 bridgehead atoms.